The van der Waals surface area contributed by atoms with Gasteiger partial charge in [0.15, 0.2) is 11.5 Å². The van der Waals surface area contributed by atoms with Gasteiger partial charge in [-0.05, 0) is 43.3 Å². The molecule has 0 radical (unpaired) electrons. The van der Waals surface area contributed by atoms with Crippen molar-refractivity contribution >= 4 is 11.6 Å². The van der Waals surface area contributed by atoms with Gasteiger partial charge in [-0.25, -0.2) is 5.43 Å². The summed E-state index contributed by atoms with van der Waals surface area (Å²) in [7, 11) is 3.11. The number of hydrazone groups is 1. The molecule has 0 spiro atoms. The molecule has 1 heterocycles. The number of carbonyl (C=O) groups is 1. The Bertz CT molecular complexity index is 1030. The highest BCUT2D eigenvalue weighted by Crippen LogP contribution is 2.31. The highest BCUT2D eigenvalue weighted by atomic mass is 16.5. The third-order valence-corrected chi connectivity index (χ3v) is 4.12. The predicted octanol–water partition coefficient (Wildman–Crippen LogP) is 2.95. The number of rotatable bonds is 6. The van der Waals surface area contributed by atoms with Crippen LogP contribution in [0.5, 0.6) is 17.2 Å². The lowest BCUT2D eigenvalue weighted by molar-refractivity contribution is 0.0950. The number of phenols is 1. The number of amides is 1. The summed E-state index contributed by atoms with van der Waals surface area (Å²) >= 11 is 0. The molecule has 0 saturated carbocycles. The van der Waals surface area contributed by atoms with E-state index in [1.807, 2.05) is 6.07 Å². The van der Waals surface area contributed by atoms with Gasteiger partial charge in [0.2, 0.25) is 0 Å². The maximum Gasteiger partial charge on any atom is 0.289 e. The molecule has 0 aliphatic rings. The lowest BCUT2D eigenvalue weighted by atomic mass is 10.1. The number of H-pyrrole nitrogens is 1. The van der Waals surface area contributed by atoms with Crippen LogP contribution in [0.1, 0.15) is 23.0 Å². The molecule has 3 aromatic rings. The van der Waals surface area contributed by atoms with E-state index >= 15 is 0 Å². The summed E-state index contributed by atoms with van der Waals surface area (Å²) in [5.41, 5.74) is 5.06. The summed E-state index contributed by atoms with van der Waals surface area (Å²) in [6.45, 7) is 1.69. The highest BCUT2D eigenvalue weighted by Gasteiger charge is 2.13. The van der Waals surface area contributed by atoms with E-state index in [-0.39, 0.29) is 11.4 Å². The standard InChI is InChI=1S/C20H20N4O4/c1-12(14-6-4-5-7-17(14)25)21-24-20(26)16-11-15(22-23-16)13-8-9-18(27-2)19(10-13)28-3/h4-11,25H,1-3H3,(H,22,23)(H,24,26)/b21-12+. The van der Waals surface area contributed by atoms with Crippen LogP contribution in [0.15, 0.2) is 53.6 Å². The fraction of sp³-hybridized carbons (Fsp3) is 0.150. The van der Waals surface area contributed by atoms with Crippen LogP contribution >= 0.6 is 0 Å². The number of carbonyl (C=O) groups excluding carboxylic acids is 1. The fourth-order valence-electron chi connectivity index (χ4n) is 2.62. The van der Waals surface area contributed by atoms with E-state index in [1.165, 1.54) is 0 Å². The molecule has 0 fully saturated rings. The van der Waals surface area contributed by atoms with Crippen LogP contribution in [0, 0.1) is 0 Å². The smallest absolute Gasteiger partial charge is 0.289 e. The highest BCUT2D eigenvalue weighted by molar-refractivity contribution is 6.02. The van der Waals surface area contributed by atoms with Crippen molar-refractivity contribution in [2.75, 3.05) is 14.2 Å². The average molecular weight is 380 g/mol. The zero-order valence-corrected chi connectivity index (χ0v) is 15.7. The molecule has 0 bridgehead atoms. The Kier molecular flexibility index (Phi) is 5.59. The lowest BCUT2D eigenvalue weighted by Crippen LogP contribution is -2.19. The molecule has 0 atom stereocenters. The first kappa shape index (κ1) is 19.0. The van der Waals surface area contributed by atoms with Crippen molar-refractivity contribution in [3.05, 3.63) is 59.8 Å². The molecular formula is C20H20N4O4. The van der Waals surface area contributed by atoms with Crippen LogP contribution in [-0.2, 0) is 0 Å². The Hall–Kier alpha value is -3.81. The fourth-order valence-corrected chi connectivity index (χ4v) is 2.62. The Morgan fingerprint density at radius 1 is 1.11 bits per heavy atom. The largest absolute Gasteiger partial charge is 0.507 e. The average Bonchev–Trinajstić information content (AvgIpc) is 3.22. The second-order valence-corrected chi connectivity index (χ2v) is 5.89. The Morgan fingerprint density at radius 3 is 2.57 bits per heavy atom. The minimum atomic E-state index is -0.450. The van der Waals surface area contributed by atoms with Gasteiger partial charge < -0.3 is 14.6 Å². The SMILES string of the molecule is COc1ccc(-c2cc(C(=O)N/N=C(\C)c3ccccc3O)[nH]n2)cc1OC. The first-order valence-electron chi connectivity index (χ1n) is 8.44. The number of nitrogens with one attached hydrogen (secondary N) is 2. The van der Waals surface area contributed by atoms with Crippen molar-refractivity contribution in [2.45, 2.75) is 6.92 Å². The topological polar surface area (TPSA) is 109 Å². The van der Waals surface area contributed by atoms with Crippen molar-refractivity contribution in [3.63, 3.8) is 0 Å². The zero-order valence-electron chi connectivity index (χ0n) is 15.7. The monoisotopic (exact) mass is 380 g/mol. The number of hydrogen-bond acceptors (Lipinski definition) is 6. The Labute approximate surface area is 161 Å². The summed E-state index contributed by atoms with van der Waals surface area (Å²) in [6, 6.07) is 13.7. The van der Waals surface area contributed by atoms with E-state index in [0.29, 0.717) is 28.5 Å². The lowest BCUT2D eigenvalue weighted by Gasteiger charge is -2.08. The molecule has 0 aliphatic carbocycles. The Morgan fingerprint density at radius 2 is 1.86 bits per heavy atom. The second-order valence-electron chi connectivity index (χ2n) is 5.89. The molecule has 1 amide bonds. The number of hydrogen-bond donors (Lipinski definition) is 3. The number of aromatic amines is 1. The molecule has 144 valence electrons. The van der Waals surface area contributed by atoms with Crippen molar-refractivity contribution in [1.29, 1.82) is 0 Å². The van der Waals surface area contributed by atoms with Crippen LogP contribution in [-0.4, -0.2) is 41.1 Å². The van der Waals surface area contributed by atoms with E-state index in [1.54, 1.807) is 63.6 Å². The molecule has 8 nitrogen and oxygen atoms in total. The summed E-state index contributed by atoms with van der Waals surface area (Å²) < 4.78 is 10.5. The third-order valence-electron chi connectivity index (χ3n) is 4.12. The number of phenolic OH excluding ortho intramolecular Hbond substituents is 1. The number of aromatic nitrogens is 2. The first-order chi connectivity index (χ1) is 13.5. The second kappa shape index (κ2) is 8.26. The van der Waals surface area contributed by atoms with Crippen molar-refractivity contribution in [3.8, 4) is 28.5 Å². The predicted molar refractivity (Wildman–Crippen MR) is 105 cm³/mol. The number of methoxy groups -OCH3 is 2. The quantitative estimate of drug-likeness (QED) is 0.450. The molecular weight excluding hydrogens is 360 g/mol. The zero-order chi connectivity index (χ0) is 20.1. The Balaban J connectivity index is 1.76. The van der Waals surface area contributed by atoms with Crippen LogP contribution in [0.3, 0.4) is 0 Å². The van der Waals surface area contributed by atoms with Crippen molar-refractivity contribution in [1.82, 2.24) is 15.6 Å². The molecule has 3 N–H and O–H groups in total. The van der Waals surface area contributed by atoms with Gasteiger partial charge in [0.1, 0.15) is 11.4 Å². The maximum absolute atomic E-state index is 12.3. The normalized spacial score (nSPS) is 11.2. The van der Waals surface area contributed by atoms with Crippen LogP contribution in [0.4, 0.5) is 0 Å². The van der Waals surface area contributed by atoms with E-state index in [9.17, 15) is 9.90 Å². The van der Waals surface area contributed by atoms with Gasteiger partial charge in [-0.3, -0.25) is 9.89 Å². The molecule has 2 aromatic carbocycles. The molecule has 0 aliphatic heterocycles. The summed E-state index contributed by atoms with van der Waals surface area (Å²) in [5, 5.41) is 20.7. The number of benzene rings is 2. The molecule has 0 saturated heterocycles. The van der Waals surface area contributed by atoms with Crippen LogP contribution in [0.25, 0.3) is 11.3 Å². The van der Waals surface area contributed by atoms with Gasteiger partial charge in [0.05, 0.1) is 25.6 Å². The van der Waals surface area contributed by atoms with Crippen molar-refractivity contribution in [2.24, 2.45) is 5.10 Å². The third kappa shape index (κ3) is 3.96. The summed E-state index contributed by atoms with van der Waals surface area (Å²) in [6.07, 6.45) is 0. The van der Waals surface area contributed by atoms with E-state index in [2.05, 4.69) is 20.7 Å². The minimum absolute atomic E-state index is 0.0929. The number of para-hydroxylation sites is 1. The van der Waals surface area contributed by atoms with Gasteiger partial charge in [0.25, 0.3) is 5.91 Å². The maximum atomic E-state index is 12.3. The molecule has 0 unspecified atom stereocenters. The van der Waals surface area contributed by atoms with E-state index < -0.39 is 5.91 Å². The van der Waals surface area contributed by atoms with Crippen molar-refractivity contribution < 1.29 is 19.4 Å². The summed E-state index contributed by atoms with van der Waals surface area (Å²) in [4.78, 5) is 12.3. The first-order valence-corrected chi connectivity index (χ1v) is 8.44. The minimum Gasteiger partial charge on any atom is -0.507 e. The van der Waals surface area contributed by atoms with Gasteiger partial charge in [-0.15, -0.1) is 0 Å². The van der Waals surface area contributed by atoms with E-state index in [4.69, 9.17) is 9.47 Å². The van der Waals surface area contributed by atoms with Gasteiger partial charge in [0, 0.05) is 11.1 Å². The van der Waals surface area contributed by atoms with Gasteiger partial charge in [-0.1, -0.05) is 12.1 Å². The number of ether oxygens (including phenoxy) is 2. The number of nitrogens with zero attached hydrogens (tertiary/aromatic N) is 2. The van der Waals surface area contributed by atoms with Gasteiger partial charge >= 0.3 is 0 Å². The number of aromatic hydroxyl groups is 1. The molecule has 8 heteroatoms. The van der Waals surface area contributed by atoms with E-state index in [0.717, 1.165) is 5.56 Å². The molecule has 28 heavy (non-hydrogen) atoms. The summed E-state index contributed by atoms with van der Waals surface area (Å²) in [5.74, 6) is 0.815. The molecule has 1 aromatic heterocycles. The molecule has 3 rings (SSSR count). The van der Waals surface area contributed by atoms with Crippen LogP contribution < -0.4 is 14.9 Å². The van der Waals surface area contributed by atoms with Crippen LogP contribution in [0.2, 0.25) is 0 Å². The van der Waals surface area contributed by atoms with Gasteiger partial charge in [-0.2, -0.15) is 10.2 Å².